The molecule has 1 saturated heterocycles. The van der Waals surface area contributed by atoms with Crippen LogP contribution in [0, 0.1) is 0 Å². The highest BCUT2D eigenvalue weighted by molar-refractivity contribution is 7.41. The summed E-state index contributed by atoms with van der Waals surface area (Å²) in [6.45, 7) is 7.07. The molecule has 0 radical (unpaired) electrons. The average molecular weight is 595 g/mol. The first-order chi connectivity index (χ1) is 18.8. The molecule has 0 amide bonds. The number of nitrogens with zero attached hydrogens (tertiary/aromatic N) is 3. The Morgan fingerprint density at radius 1 is 1.00 bits per heavy atom. The second-order valence-electron chi connectivity index (χ2n) is 8.05. The molecule has 0 aromatic rings. The van der Waals surface area contributed by atoms with Crippen molar-refractivity contribution in [3.8, 4) is 0 Å². The van der Waals surface area contributed by atoms with E-state index in [0.717, 1.165) is 34.8 Å². The number of rotatable bonds is 15. The summed E-state index contributed by atoms with van der Waals surface area (Å²) in [6.07, 6.45) is -6.97. The molecule has 1 aliphatic rings. The van der Waals surface area contributed by atoms with E-state index in [4.69, 9.17) is 42.0 Å². The van der Waals surface area contributed by atoms with E-state index >= 15 is 0 Å². The third kappa shape index (κ3) is 10.5. The number of carbonyl (C=O) groups excluding carboxylic acids is 5. The van der Waals surface area contributed by atoms with Crippen molar-refractivity contribution in [3.63, 3.8) is 0 Å². The number of methoxy groups -OCH3 is 1. The molecule has 0 bridgehead atoms. The zero-order valence-corrected chi connectivity index (χ0v) is 24.1. The Hall–Kier alpha value is -3.07. The van der Waals surface area contributed by atoms with Crippen molar-refractivity contribution in [2.24, 2.45) is 5.11 Å². The van der Waals surface area contributed by atoms with Gasteiger partial charge >= 0.3 is 38.4 Å². The van der Waals surface area contributed by atoms with Crippen LogP contribution in [0.5, 0.6) is 0 Å². The van der Waals surface area contributed by atoms with Crippen molar-refractivity contribution in [2.45, 2.75) is 84.2 Å². The van der Waals surface area contributed by atoms with Crippen LogP contribution >= 0.6 is 8.60 Å². The van der Waals surface area contributed by atoms with Crippen LogP contribution in [0.3, 0.4) is 0 Å². The van der Waals surface area contributed by atoms with Gasteiger partial charge in [-0.05, 0) is 19.4 Å². The second-order valence-corrected chi connectivity index (χ2v) is 9.20. The molecule has 1 aliphatic heterocycles. The van der Waals surface area contributed by atoms with E-state index in [9.17, 15) is 29.5 Å². The van der Waals surface area contributed by atoms with Crippen molar-refractivity contribution < 1.29 is 66.0 Å². The summed E-state index contributed by atoms with van der Waals surface area (Å²) in [5, 5.41) is 3.66. The predicted molar refractivity (Wildman–Crippen MR) is 132 cm³/mol. The van der Waals surface area contributed by atoms with Gasteiger partial charge in [-0.3, -0.25) is 23.7 Å². The monoisotopic (exact) mass is 595 g/mol. The standard InChI is InChI=1S/C22H34N3O14P/c1-8-33-40(34-9-2)39-22(21(30)31-7)10-16(35-13(4)27)18(24-25-23)20(38-22)19(37-15(6)29)17(36-14(5)28)11-32-12(3)26/h16-20H,8-11H2,1-7H3/t16-,17+,18+,19+,20+,22+/m0/s1. The average Bonchev–Trinajstić information content (AvgIpc) is 2.85. The van der Waals surface area contributed by atoms with Crippen molar-refractivity contribution in [3.05, 3.63) is 10.4 Å². The normalized spacial score (nSPS) is 23.6. The van der Waals surface area contributed by atoms with Crippen LogP contribution < -0.4 is 0 Å². The van der Waals surface area contributed by atoms with Crippen LogP contribution in [0.15, 0.2) is 5.11 Å². The van der Waals surface area contributed by atoms with Crippen molar-refractivity contribution in [1.29, 1.82) is 0 Å². The van der Waals surface area contributed by atoms with Crippen LogP contribution in [-0.4, -0.2) is 93.0 Å². The summed E-state index contributed by atoms with van der Waals surface area (Å²) < 4.78 is 48.7. The maximum Gasteiger partial charge on any atom is 0.367 e. The molecule has 0 N–H and O–H groups in total. The zero-order valence-electron chi connectivity index (χ0n) is 23.2. The Labute approximate surface area is 231 Å². The van der Waals surface area contributed by atoms with Gasteiger partial charge in [0.05, 0.1) is 26.7 Å². The third-order valence-corrected chi connectivity index (χ3v) is 6.35. The Kier molecular flexibility index (Phi) is 14.8. The highest BCUT2D eigenvalue weighted by atomic mass is 31.2. The molecule has 0 aliphatic carbocycles. The lowest BCUT2D eigenvalue weighted by Crippen LogP contribution is -2.64. The van der Waals surface area contributed by atoms with E-state index in [0.29, 0.717) is 0 Å². The summed E-state index contributed by atoms with van der Waals surface area (Å²) in [4.78, 5) is 63.7. The number of ether oxygens (including phenoxy) is 6. The Morgan fingerprint density at radius 3 is 2.05 bits per heavy atom. The first-order valence-corrected chi connectivity index (χ1v) is 13.1. The minimum Gasteiger partial charge on any atom is -0.465 e. The minimum atomic E-state index is -2.43. The second kappa shape index (κ2) is 16.9. The SMILES string of the molecule is CCOP(OCC)O[C@@]1(C(=O)OC)C[C@H](OC(C)=O)[C@@H](N=[N+]=[N-])[C@H]([C@H](OC(C)=O)[C@@H](COC(C)=O)OC(C)=O)O1. The van der Waals surface area contributed by atoms with Gasteiger partial charge in [0.15, 0.2) is 12.2 Å². The van der Waals surface area contributed by atoms with Gasteiger partial charge in [-0.15, -0.1) is 0 Å². The molecule has 1 fully saturated rings. The number of azide groups is 1. The number of esters is 5. The van der Waals surface area contributed by atoms with Gasteiger partial charge in [0.25, 0.3) is 5.79 Å². The smallest absolute Gasteiger partial charge is 0.367 e. The van der Waals surface area contributed by atoms with Gasteiger partial charge in [-0.2, -0.15) is 0 Å². The molecule has 0 saturated carbocycles. The molecule has 40 heavy (non-hydrogen) atoms. The summed E-state index contributed by atoms with van der Waals surface area (Å²) in [6, 6.07) is -1.49. The molecule has 18 heteroatoms. The van der Waals surface area contributed by atoms with Crippen LogP contribution in [0.1, 0.15) is 48.0 Å². The molecule has 1 rings (SSSR count). The van der Waals surface area contributed by atoms with Gasteiger partial charge < -0.3 is 37.5 Å². The van der Waals surface area contributed by atoms with Crippen LogP contribution in [-0.2, 0) is 66.0 Å². The molecule has 17 nitrogen and oxygen atoms in total. The van der Waals surface area contributed by atoms with Gasteiger partial charge in [-0.25, -0.2) is 4.79 Å². The molecule has 0 unspecified atom stereocenters. The van der Waals surface area contributed by atoms with Gasteiger partial charge in [0, 0.05) is 32.6 Å². The van der Waals surface area contributed by atoms with E-state index < -0.39 is 87.7 Å². The highest BCUT2D eigenvalue weighted by Gasteiger charge is 2.60. The lowest BCUT2D eigenvalue weighted by Gasteiger charge is -2.47. The quantitative estimate of drug-likeness (QED) is 0.0660. The van der Waals surface area contributed by atoms with Crippen LogP contribution in [0.2, 0.25) is 0 Å². The number of hydrogen-bond acceptors (Lipinski definition) is 15. The summed E-state index contributed by atoms with van der Waals surface area (Å²) in [5.74, 6) is -6.95. The fourth-order valence-corrected chi connectivity index (χ4v) is 4.71. The Balaban J connectivity index is 3.86. The van der Waals surface area contributed by atoms with E-state index in [1.165, 1.54) is 0 Å². The Morgan fingerprint density at radius 2 is 1.60 bits per heavy atom. The van der Waals surface area contributed by atoms with E-state index in [-0.39, 0.29) is 13.2 Å². The minimum absolute atomic E-state index is 0.105. The maximum absolute atomic E-state index is 13.2. The molecule has 6 atom stereocenters. The first-order valence-electron chi connectivity index (χ1n) is 12.0. The lowest BCUT2D eigenvalue weighted by atomic mass is 9.88. The third-order valence-electron chi connectivity index (χ3n) is 4.96. The Bertz CT molecular complexity index is 955. The van der Waals surface area contributed by atoms with Gasteiger partial charge in [0.1, 0.15) is 24.9 Å². The number of carbonyl (C=O) groups is 5. The van der Waals surface area contributed by atoms with Crippen molar-refractivity contribution in [1.82, 2.24) is 0 Å². The van der Waals surface area contributed by atoms with Crippen LogP contribution in [0.25, 0.3) is 10.4 Å². The topological polar surface area (TPSA) is 217 Å². The van der Waals surface area contributed by atoms with E-state index in [1.54, 1.807) is 13.8 Å². The molecule has 0 aromatic heterocycles. The van der Waals surface area contributed by atoms with Crippen LogP contribution in [0.4, 0.5) is 0 Å². The highest BCUT2D eigenvalue weighted by Crippen LogP contribution is 2.49. The molecule has 0 aromatic carbocycles. The van der Waals surface area contributed by atoms with E-state index in [1.807, 2.05) is 0 Å². The van der Waals surface area contributed by atoms with Gasteiger partial charge in [-0.1, -0.05) is 5.11 Å². The van der Waals surface area contributed by atoms with E-state index in [2.05, 4.69) is 10.0 Å². The molecule has 226 valence electrons. The first kappa shape index (κ1) is 35.0. The maximum atomic E-state index is 13.2. The lowest BCUT2D eigenvalue weighted by molar-refractivity contribution is -0.289. The zero-order chi connectivity index (χ0) is 30.5. The molecular weight excluding hydrogens is 561 g/mol. The summed E-state index contributed by atoms with van der Waals surface area (Å²) in [5.41, 5.74) is 9.32. The summed E-state index contributed by atoms with van der Waals surface area (Å²) >= 11 is 0. The molecule has 1 heterocycles. The van der Waals surface area contributed by atoms with Gasteiger partial charge in [0.2, 0.25) is 0 Å². The van der Waals surface area contributed by atoms with Crippen molar-refractivity contribution >= 4 is 38.4 Å². The van der Waals surface area contributed by atoms with Crippen molar-refractivity contribution in [2.75, 3.05) is 26.9 Å². The summed E-state index contributed by atoms with van der Waals surface area (Å²) in [7, 11) is -1.23. The number of hydrogen-bond donors (Lipinski definition) is 0. The fraction of sp³-hybridized carbons (Fsp3) is 0.773. The molecule has 0 spiro atoms. The largest absolute Gasteiger partial charge is 0.465 e. The predicted octanol–water partition coefficient (Wildman–Crippen LogP) is 2.00. The fourth-order valence-electron chi connectivity index (χ4n) is 3.68. The molecular formula is C22H34N3O14P.